The van der Waals surface area contributed by atoms with Crippen LogP contribution in [0.4, 0.5) is 5.69 Å². The van der Waals surface area contributed by atoms with Crippen LogP contribution in [0.1, 0.15) is 23.0 Å². The quantitative estimate of drug-likeness (QED) is 0.304. The number of aromatic amines is 1. The Hall–Kier alpha value is -2.96. The van der Waals surface area contributed by atoms with E-state index in [1.807, 2.05) is 0 Å². The zero-order chi connectivity index (χ0) is 20.3. The molecule has 3 aromatic rings. The van der Waals surface area contributed by atoms with Crippen LogP contribution in [-0.2, 0) is 11.2 Å². The number of carbonyl (C=O) groups is 1. The summed E-state index contributed by atoms with van der Waals surface area (Å²) in [5, 5.41) is 22.0. The molecule has 3 rings (SSSR count). The predicted octanol–water partition coefficient (Wildman–Crippen LogP) is 5.32. The van der Waals surface area contributed by atoms with Crippen LogP contribution in [0.15, 0.2) is 40.3 Å². The number of carbonyl (C=O) groups excluding carboxylic acids is 1. The highest BCUT2D eigenvalue weighted by atomic mass is 79.9. The van der Waals surface area contributed by atoms with Crippen molar-refractivity contribution in [3.63, 3.8) is 0 Å². The number of thiophene rings is 1. The number of ether oxygens (including phenoxy) is 1. The van der Waals surface area contributed by atoms with Crippen LogP contribution in [0, 0.1) is 21.4 Å². The number of rotatable bonds is 6. The number of nitrogens with one attached hydrogen (secondary N) is 1. The summed E-state index contributed by atoms with van der Waals surface area (Å²) >= 11 is 4.66. The van der Waals surface area contributed by atoms with Crippen LogP contribution in [0.5, 0.6) is 0 Å². The van der Waals surface area contributed by atoms with E-state index in [2.05, 4.69) is 27.0 Å². The van der Waals surface area contributed by atoms with Crippen molar-refractivity contribution >= 4 is 38.9 Å². The molecule has 7 nitrogen and oxygen atoms in total. The normalized spacial score (nSPS) is 10.5. The number of hydrogen-bond donors (Lipinski definition) is 1. The number of nitrogens with zero attached hydrogens (tertiary/aromatic N) is 2. The lowest BCUT2D eigenvalue weighted by molar-refractivity contribution is -0.383. The van der Waals surface area contributed by atoms with Crippen LogP contribution in [0.3, 0.4) is 0 Å². The van der Waals surface area contributed by atoms with Gasteiger partial charge in [-0.05, 0) is 39.4 Å². The number of esters is 1. The van der Waals surface area contributed by atoms with Gasteiger partial charge in [-0.3, -0.25) is 10.1 Å². The first-order valence-electron chi connectivity index (χ1n) is 8.25. The van der Waals surface area contributed by atoms with E-state index in [1.165, 1.54) is 17.4 Å². The maximum Gasteiger partial charge on any atom is 0.355 e. The second-order valence-corrected chi connectivity index (χ2v) is 7.40. The number of aromatic nitrogens is 1. The van der Waals surface area contributed by atoms with E-state index in [0.29, 0.717) is 31.7 Å². The lowest BCUT2D eigenvalue weighted by atomic mass is 9.98. The van der Waals surface area contributed by atoms with E-state index in [1.54, 1.807) is 36.6 Å². The van der Waals surface area contributed by atoms with Gasteiger partial charge in [-0.1, -0.05) is 24.3 Å². The second kappa shape index (κ2) is 8.37. The van der Waals surface area contributed by atoms with Crippen molar-refractivity contribution in [2.75, 3.05) is 6.61 Å². The number of halogens is 1. The zero-order valence-electron chi connectivity index (χ0n) is 14.7. The summed E-state index contributed by atoms with van der Waals surface area (Å²) in [6, 6.07) is 10.7. The van der Waals surface area contributed by atoms with Gasteiger partial charge in [0.05, 0.1) is 28.6 Å². The molecule has 0 aliphatic carbocycles. The van der Waals surface area contributed by atoms with Gasteiger partial charge in [0.15, 0.2) is 0 Å². The molecule has 28 heavy (non-hydrogen) atoms. The summed E-state index contributed by atoms with van der Waals surface area (Å²) in [6.07, 6.45) is 0.101. The molecular formula is C19H14BrN3O4S. The van der Waals surface area contributed by atoms with E-state index in [9.17, 15) is 14.9 Å². The molecule has 0 aliphatic heterocycles. The summed E-state index contributed by atoms with van der Waals surface area (Å²) in [4.78, 5) is 26.6. The first-order valence-corrected chi connectivity index (χ1v) is 9.92. The molecule has 142 valence electrons. The van der Waals surface area contributed by atoms with Crippen LogP contribution in [0.2, 0.25) is 0 Å². The minimum absolute atomic E-state index is 0.0551. The Kier molecular flexibility index (Phi) is 5.92. The molecule has 0 spiro atoms. The molecule has 0 amide bonds. The minimum atomic E-state index is -0.514. The third kappa shape index (κ3) is 3.69. The fourth-order valence-corrected chi connectivity index (χ4v) is 4.28. The monoisotopic (exact) mass is 459 g/mol. The maximum atomic E-state index is 12.4. The van der Waals surface area contributed by atoms with Crippen molar-refractivity contribution in [2.45, 2.75) is 13.3 Å². The van der Waals surface area contributed by atoms with Gasteiger partial charge >= 0.3 is 5.97 Å². The third-order valence-corrected chi connectivity index (χ3v) is 5.69. The fourth-order valence-electron chi connectivity index (χ4n) is 2.88. The molecule has 0 bridgehead atoms. The maximum absolute atomic E-state index is 12.4. The Labute approximate surface area is 172 Å². The van der Waals surface area contributed by atoms with Gasteiger partial charge in [0.25, 0.3) is 5.69 Å². The zero-order valence-corrected chi connectivity index (χ0v) is 17.1. The predicted molar refractivity (Wildman–Crippen MR) is 109 cm³/mol. The van der Waals surface area contributed by atoms with Crippen molar-refractivity contribution in [3.05, 3.63) is 61.7 Å². The number of benzene rings is 1. The Morgan fingerprint density at radius 1 is 1.32 bits per heavy atom. The largest absolute Gasteiger partial charge is 0.461 e. The second-order valence-electron chi connectivity index (χ2n) is 5.69. The van der Waals surface area contributed by atoms with Gasteiger partial charge < -0.3 is 9.72 Å². The van der Waals surface area contributed by atoms with Crippen molar-refractivity contribution in [2.24, 2.45) is 0 Å². The molecule has 0 fully saturated rings. The first-order chi connectivity index (χ1) is 13.5. The fraction of sp³-hybridized carbons (Fsp3) is 0.158. The smallest absolute Gasteiger partial charge is 0.355 e. The average molecular weight is 460 g/mol. The van der Waals surface area contributed by atoms with E-state index in [0.717, 1.165) is 0 Å². The Morgan fingerprint density at radius 2 is 2.00 bits per heavy atom. The van der Waals surface area contributed by atoms with Gasteiger partial charge in [-0.25, -0.2) is 4.79 Å². The van der Waals surface area contributed by atoms with Gasteiger partial charge in [-0.2, -0.15) is 5.26 Å². The van der Waals surface area contributed by atoms with Crippen LogP contribution in [0.25, 0.3) is 21.6 Å². The number of nitriles is 1. The topological polar surface area (TPSA) is 109 Å². The molecule has 0 saturated carbocycles. The summed E-state index contributed by atoms with van der Waals surface area (Å²) in [5.41, 5.74) is 2.96. The summed E-state index contributed by atoms with van der Waals surface area (Å²) in [6.45, 7) is 1.94. The van der Waals surface area contributed by atoms with Gasteiger partial charge in [0, 0.05) is 17.2 Å². The molecule has 0 radical (unpaired) electrons. The Bertz CT molecular complexity index is 1080. The van der Waals surface area contributed by atoms with Crippen LogP contribution >= 0.6 is 27.3 Å². The summed E-state index contributed by atoms with van der Waals surface area (Å²) in [5.74, 6) is -0.514. The lowest BCUT2D eigenvalue weighted by Gasteiger charge is -2.07. The standard InChI is InChI=1S/C19H14BrN3O4S/c1-2-27-19(24)16-15(13(7-9-21)18(20)22-16)11-3-5-12(6-4-11)17-14(23(25)26)8-10-28-17/h3-6,8,10,22H,2,7H2,1H3. The average Bonchev–Trinajstić information content (AvgIpc) is 3.28. The van der Waals surface area contributed by atoms with Gasteiger partial charge in [0.1, 0.15) is 10.6 Å². The van der Waals surface area contributed by atoms with Crippen molar-refractivity contribution in [3.8, 4) is 27.6 Å². The molecule has 0 aliphatic rings. The molecule has 1 N–H and O–H groups in total. The van der Waals surface area contributed by atoms with Crippen LogP contribution in [-0.4, -0.2) is 22.5 Å². The number of H-pyrrole nitrogens is 1. The summed E-state index contributed by atoms with van der Waals surface area (Å²) in [7, 11) is 0. The molecule has 0 atom stereocenters. The molecule has 0 saturated heterocycles. The molecule has 2 aromatic heterocycles. The highest BCUT2D eigenvalue weighted by molar-refractivity contribution is 9.10. The molecule has 0 unspecified atom stereocenters. The first kappa shape index (κ1) is 19.8. The third-order valence-electron chi connectivity index (χ3n) is 4.06. The number of nitro groups is 1. The lowest BCUT2D eigenvalue weighted by Crippen LogP contribution is -2.06. The van der Waals surface area contributed by atoms with Gasteiger partial charge in [0.2, 0.25) is 0 Å². The molecule has 9 heteroatoms. The molecule has 1 aromatic carbocycles. The highest BCUT2D eigenvalue weighted by Gasteiger charge is 2.24. The molecular weight excluding hydrogens is 446 g/mol. The Balaban J connectivity index is 2.08. The van der Waals surface area contributed by atoms with Crippen LogP contribution < -0.4 is 0 Å². The van der Waals surface area contributed by atoms with E-state index in [4.69, 9.17) is 10.00 Å². The SMILES string of the molecule is CCOC(=O)c1[nH]c(Br)c(CC#N)c1-c1ccc(-c2sccc2[N+](=O)[O-])cc1. The van der Waals surface area contributed by atoms with E-state index in [-0.39, 0.29) is 24.4 Å². The van der Waals surface area contributed by atoms with Gasteiger partial charge in [-0.15, -0.1) is 11.3 Å². The highest BCUT2D eigenvalue weighted by Crippen LogP contribution is 2.38. The van der Waals surface area contributed by atoms with Crippen molar-refractivity contribution < 1.29 is 14.5 Å². The summed E-state index contributed by atoms with van der Waals surface area (Å²) < 4.78 is 5.66. The van der Waals surface area contributed by atoms with E-state index < -0.39 is 10.9 Å². The number of hydrogen-bond acceptors (Lipinski definition) is 6. The minimum Gasteiger partial charge on any atom is -0.461 e. The Morgan fingerprint density at radius 3 is 2.61 bits per heavy atom. The molecule has 2 heterocycles. The van der Waals surface area contributed by atoms with E-state index >= 15 is 0 Å². The van der Waals surface area contributed by atoms with Crippen molar-refractivity contribution in [1.29, 1.82) is 5.26 Å². The van der Waals surface area contributed by atoms with Crippen molar-refractivity contribution in [1.82, 2.24) is 4.98 Å².